The van der Waals surface area contributed by atoms with Crippen LogP contribution in [0.5, 0.6) is 0 Å². The molecule has 2 aromatic heterocycles. The topological polar surface area (TPSA) is 76.2 Å². The first kappa shape index (κ1) is 9.72. The molecule has 0 saturated carbocycles. The van der Waals surface area contributed by atoms with Crippen LogP contribution in [0.3, 0.4) is 0 Å². The summed E-state index contributed by atoms with van der Waals surface area (Å²) < 4.78 is 5.01. The number of oxazole rings is 1. The fourth-order valence-electron chi connectivity index (χ4n) is 0.986. The number of carboxylic acid groups (broad SMARTS) is 1. The summed E-state index contributed by atoms with van der Waals surface area (Å²) in [6.45, 7) is 0. The molecule has 5 nitrogen and oxygen atoms in total. The van der Waals surface area contributed by atoms with Gasteiger partial charge in [-0.3, -0.25) is 4.98 Å². The molecule has 0 amide bonds. The maximum atomic E-state index is 10.8. The molecule has 0 atom stereocenters. The molecular weight excluding hydrogens is 216 g/mol. The van der Waals surface area contributed by atoms with Gasteiger partial charge in [0.15, 0.2) is 0 Å². The molecule has 0 aliphatic carbocycles. The molecule has 0 bridgehead atoms. The van der Waals surface area contributed by atoms with Gasteiger partial charge in [0.25, 0.3) is 5.22 Å². The van der Waals surface area contributed by atoms with Crippen molar-refractivity contribution in [2.45, 2.75) is 10.1 Å². The highest BCUT2D eigenvalue weighted by molar-refractivity contribution is 7.99. The van der Waals surface area contributed by atoms with E-state index in [0.29, 0.717) is 10.1 Å². The molecule has 2 aromatic rings. The predicted molar refractivity (Wildman–Crippen MR) is 51.8 cm³/mol. The molecule has 0 unspecified atom stereocenters. The van der Waals surface area contributed by atoms with Gasteiger partial charge in [0, 0.05) is 17.3 Å². The fraction of sp³-hybridized carbons (Fsp3) is 0. The number of aromatic carboxylic acids is 1. The molecule has 76 valence electrons. The molecule has 0 radical (unpaired) electrons. The van der Waals surface area contributed by atoms with E-state index < -0.39 is 5.97 Å². The van der Waals surface area contributed by atoms with Crippen molar-refractivity contribution >= 4 is 17.7 Å². The standard InChI is InChI=1S/C9H6N2O3S/c12-8(13)6-5-10-2-1-7(6)15-9-11-3-4-14-9/h1-5H,(H,12,13). The smallest absolute Gasteiger partial charge is 0.338 e. The molecule has 2 heterocycles. The summed E-state index contributed by atoms with van der Waals surface area (Å²) in [5, 5.41) is 9.30. The number of hydrogen-bond acceptors (Lipinski definition) is 5. The van der Waals surface area contributed by atoms with Gasteiger partial charge >= 0.3 is 5.97 Å². The summed E-state index contributed by atoms with van der Waals surface area (Å²) in [5.41, 5.74) is 0.140. The normalized spacial score (nSPS) is 10.1. The lowest BCUT2D eigenvalue weighted by Crippen LogP contribution is -1.99. The van der Waals surface area contributed by atoms with Crippen LogP contribution in [0.15, 0.2) is 45.5 Å². The highest BCUT2D eigenvalue weighted by atomic mass is 32.2. The minimum atomic E-state index is -1.02. The van der Waals surface area contributed by atoms with Crippen LogP contribution in [0.25, 0.3) is 0 Å². The Labute approximate surface area is 89.2 Å². The third-order valence-electron chi connectivity index (χ3n) is 1.62. The molecule has 0 fully saturated rings. The fourth-order valence-corrected chi connectivity index (χ4v) is 1.77. The third kappa shape index (κ3) is 2.16. The van der Waals surface area contributed by atoms with E-state index in [1.165, 1.54) is 24.9 Å². The van der Waals surface area contributed by atoms with Gasteiger partial charge < -0.3 is 9.52 Å². The minimum Gasteiger partial charge on any atom is -0.478 e. The maximum Gasteiger partial charge on any atom is 0.338 e. The second-order valence-electron chi connectivity index (χ2n) is 2.58. The van der Waals surface area contributed by atoms with Gasteiger partial charge in [0.05, 0.1) is 11.8 Å². The number of nitrogens with zero attached hydrogens (tertiary/aromatic N) is 2. The molecule has 0 saturated heterocycles. The molecule has 0 aliphatic heterocycles. The zero-order valence-corrected chi connectivity index (χ0v) is 8.27. The quantitative estimate of drug-likeness (QED) is 0.854. The summed E-state index contributed by atoms with van der Waals surface area (Å²) in [6.07, 6.45) is 5.76. The molecule has 2 rings (SSSR count). The molecular formula is C9H6N2O3S. The van der Waals surface area contributed by atoms with E-state index in [4.69, 9.17) is 9.52 Å². The number of carbonyl (C=O) groups is 1. The van der Waals surface area contributed by atoms with Crippen LogP contribution in [0, 0.1) is 0 Å². The van der Waals surface area contributed by atoms with Crippen LogP contribution in [-0.4, -0.2) is 21.0 Å². The molecule has 0 spiro atoms. The number of pyridine rings is 1. The number of rotatable bonds is 3. The Hall–Kier alpha value is -1.82. The lowest BCUT2D eigenvalue weighted by molar-refractivity contribution is 0.0692. The molecule has 0 aromatic carbocycles. The SMILES string of the molecule is O=C(O)c1cnccc1Sc1ncco1. The number of carboxylic acids is 1. The van der Waals surface area contributed by atoms with E-state index in [1.807, 2.05) is 0 Å². The first-order valence-electron chi connectivity index (χ1n) is 4.02. The Balaban J connectivity index is 2.32. The molecule has 15 heavy (non-hydrogen) atoms. The second kappa shape index (κ2) is 4.14. The van der Waals surface area contributed by atoms with Crippen LogP contribution < -0.4 is 0 Å². The van der Waals surface area contributed by atoms with Crippen molar-refractivity contribution in [3.8, 4) is 0 Å². The van der Waals surface area contributed by atoms with E-state index in [0.717, 1.165) is 11.8 Å². The molecule has 0 aliphatic rings. The zero-order valence-electron chi connectivity index (χ0n) is 7.45. The van der Waals surface area contributed by atoms with Gasteiger partial charge in [0.1, 0.15) is 6.26 Å². The Morgan fingerprint density at radius 2 is 2.33 bits per heavy atom. The van der Waals surface area contributed by atoms with Gasteiger partial charge in [-0.05, 0) is 17.8 Å². The minimum absolute atomic E-state index is 0.140. The highest BCUT2D eigenvalue weighted by Crippen LogP contribution is 2.28. The Kier molecular flexibility index (Phi) is 2.68. The maximum absolute atomic E-state index is 10.8. The predicted octanol–water partition coefficient (Wildman–Crippen LogP) is 1.92. The molecule has 6 heteroatoms. The lowest BCUT2D eigenvalue weighted by atomic mass is 10.3. The average Bonchev–Trinajstić information content (AvgIpc) is 2.71. The van der Waals surface area contributed by atoms with E-state index in [9.17, 15) is 4.79 Å². The van der Waals surface area contributed by atoms with Gasteiger partial charge in [-0.25, -0.2) is 9.78 Å². The van der Waals surface area contributed by atoms with E-state index in [2.05, 4.69) is 9.97 Å². The highest BCUT2D eigenvalue weighted by Gasteiger charge is 2.12. The monoisotopic (exact) mass is 222 g/mol. The third-order valence-corrected chi connectivity index (χ3v) is 2.57. The Morgan fingerprint density at radius 1 is 1.47 bits per heavy atom. The van der Waals surface area contributed by atoms with Crippen LogP contribution in [-0.2, 0) is 0 Å². The lowest BCUT2D eigenvalue weighted by Gasteiger charge is -2.00. The summed E-state index contributed by atoms with van der Waals surface area (Å²) in [7, 11) is 0. The van der Waals surface area contributed by atoms with Gasteiger partial charge in [-0.2, -0.15) is 0 Å². The van der Waals surface area contributed by atoms with Gasteiger partial charge in [-0.15, -0.1) is 0 Å². The van der Waals surface area contributed by atoms with E-state index >= 15 is 0 Å². The summed E-state index contributed by atoms with van der Waals surface area (Å²) in [4.78, 5) is 19.0. The van der Waals surface area contributed by atoms with Crippen molar-refractivity contribution in [2.24, 2.45) is 0 Å². The average molecular weight is 222 g/mol. The first-order valence-corrected chi connectivity index (χ1v) is 4.83. The number of hydrogen-bond donors (Lipinski definition) is 1. The summed E-state index contributed by atoms with van der Waals surface area (Å²) in [6, 6.07) is 1.61. The van der Waals surface area contributed by atoms with Crippen LogP contribution in [0.4, 0.5) is 0 Å². The first-order chi connectivity index (χ1) is 7.27. The van der Waals surface area contributed by atoms with Crippen molar-refractivity contribution in [3.63, 3.8) is 0 Å². The summed E-state index contributed by atoms with van der Waals surface area (Å²) in [5.74, 6) is -1.02. The van der Waals surface area contributed by atoms with Crippen LogP contribution >= 0.6 is 11.8 Å². The van der Waals surface area contributed by atoms with Crippen LogP contribution in [0.2, 0.25) is 0 Å². The number of aromatic nitrogens is 2. The Bertz CT molecular complexity index is 470. The van der Waals surface area contributed by atoms with Gasteiger partial charge in [-0.1, -0.05) is 0 Å². The van der Waals surface area contributed by atoms with Crippen molar-refractivity contribution in [1.29, 1.82) is 0 Å². The van der Waals surface area contributed by atoms with Crippen molar-refractivity contribution < 1.29 is 14.3 Å². The van der Waals surface area contributed by atoms with Crippen molar-refractivity contribution in [1.82, 2.24) is 9.97 Å². The Morgan fingerprint density at radius 3 is 3.00 bits per heavy atom. The summed E-state index contributed by atoms with van der Waals surface area (Å²) >= 11 is 1.15. The van der Waals surface area contributed by atoms with Crippen LogP contribution in [0.1, 0.15) is 10.4 Å². The zero-order chi connectivity index (χ0) is 10.7. The van der Waals surface area contributed by atoms with Crippen molar-refractivity contribution in [3.05, 3.63) is 36.5 Å². The largest absolute Gasteiger partial charge is 0.478 e. The second-order valence-corrected chi connectivity index (χ2v) is 3.57. The van der Waals surface area contributed by atoms with Crippen molar-refractivity contribution in [2.75, 3.05) is 0 Å². The van der Waals surface area contributed by atoms with E-state index in [-0.39, 0.29) is 5.56 Å². The van der Waals surface area contributed by atoms with E-state index in [1.54, 1.807) is 6.07 Å². The van der Waals surface area contributed by atoms with Gasteiger partial charge in [0.2, 0.25) is 0 Å². The molecule has 1 N–H and O–H groups in total.